The van der Waals surface area contributed by atoms with E-state index in [1.54, 1.807) is 16.0 Å². The molecule has 2 aromatic carbocycles. The number of carbonyl (C=O) groups is 1. The number of nitrogens with one attached hydrogen (secondary N) is 2. The lowest BCUT2D eigenvalue weighted by Gasteiger charge is -2.27. The van der Waals surface area contributed by atoms with Crippen LogP contribution in [-0.2, 0) is 4.79 Å². The third-order valence-electron chi connectivity index (χ3n) is 5.37. The standard InChI is InChI=1S/C25H23N5O2S/c1-3-32-19-13-11-17(12-14-19)23-28-25-26-16(2)21(24(31)27-18-8-5-4-6-9-18)22(30(25)29-23)20-10-7-15-33-20/h4-15,22H,3H2,1-2H3,(H,27,31)(H,26,28,29). The van der Waals surface area contributed by atoms with Crippen LogP contribution in [0, 0.1) is 0 Å². The fraction of sp³-hybridized carbons (Fsp3) is 0.160. The van der Waals surface area contributed by atoms with E-state index in [4.69, 9.17) is 14.8 Å². The smallest absolute Gasteiger partial charge is 0.255 e. The van der Waals surface area contributed by atoms with Crippen LogP contribution in [0.2, 0.25) is 0 Å². The predicted molar refractivity (Wildman–Crippen MR) is 130 cm³/mol. The van der Waals surface area contributed by atoms with Crippen molar-refractivity contribution >= 4 is 28.9 Å². The van der Waals surface area contributed by atoms with Crippen molar-refractivity contribution in [1.82, 2.24) is 14.8 Å². The molecule has 0 saturated carbocycles. The molecule has 0 aliphatic carbocycles. The molecule has 1 aliphatic rings. The van der Waals surface area contributed by atoms with Gasteiger partial charge in [0, 0.05) is 21.8 Å². The van der Waals surface area contributed by atoms with Crippen molar-refractivity contribution in [2.75, 3.05) is 17.2 Å². The Hall–Kier alpha value is -3.91. The van der Waals surface area contributed by atoms with Crippen molar-refractivity contribution in [3.63, 3.8) is 0 Å². The van der Waals surface area contributed by atoms with Gasteiger partial charge >= 0.3 is 0 Å². The third-order valence-corrected chi connectivity index (χ3v) is 6.29. The molecule has 2 aromatic heterocycles. The molecule has 1 amide bonds. The Labute approximate surface area is 195 Å². The van der Waals surface area contributed by atoms with E-state index < -0.39 is 0 Å². The second-order valence-corrected chi connectivity index (χ2v) is 8.54. The largest absolute Gasteiger partial charge is 0.494 e. The van der Waals surface area contributed by atoms with Crippen LogP contribution < -0.4 is 15.4 Å². The van der Waals surface area contributed by atoms with Gasteiger partial charge in [-0.25, -0.2) is 4.68 Å². The fourth-order valence-electron chi connectivity index (χ4n) is 3.86. The first-order chi connectivity index (χ1) is 16.1. The van der Waals surface area contributed by atoms with Crippen molar-refractivity contribution in [2.24, 2.45) is 0 Å². The molecule has 4 aromatic rings. The lowest BCUT2D eigenvalue weighted by atomic mass is 10.0. The zero-order valence-electron chi connectivity index (χ0n) is 18.3. The van der Waals surface area contributed by atoms with E-state index >= 15 is 0 Å². The maximum atomic E-state index is 13.4. The number of allylic oxidation sites excluding steroid dienone is 1. The quantitative estimate of drug-likeness (QED) is 0.409. The first-order valence-electron chi connectivity index (χ1n) is 10.7. The molecule has 0 radical (unpaired) electrons. The first kappa shape index (κ1) is 21.0. The summed E-state index contributed by atoms with van der Waals surface area (Å²) in [5, 5.41) is 13.1. The second kappa shape index (κ2) is 8.91. The second-order valence-electron chi connectivity index (χ2n) is 7.56. The van der Waals surface area contributed by atoms with Gasteiger partial charge in [0.25, 0.3) is 5.91 Å². The SMILES string of the molecule is CCOc1ccc(-c2nc3n(n2)C(c2cccs2)C(C(=O)Nc2ccccc2)=C(C)N3)cc1. The summed E-state index contributed by atoms with van der Waals surface area (Å²) in [5.74, 6) is 1.82. The number of fused-ring (bicyclic) bond motifs is 1. The van der Waals surface area contributed by atoms with Crippen LogP contribution in [0.1, 0.15) is 24.8 Å². The highest BCUT2D eigenvalue weighted by Crippen LogP contribution is 2.38. The highest BCUT2D eigenvalue weighted by Gasteiger charge is 2.35. The van der Waals surface area contributed by atoms with E-state index in [0.29, 0.717) is 24.0 Å². The van der Waals surface area contributed by atoms with Crippen LogP contribution in [-0.4, -0.2) is 27.3 Å². The van der Waals surface area contributed by atoms with E-state index in [2.05, 4.69) is 10.6 Å². The summed E-state index contributed by atoms with van der Waals surface area (Å²) in [7, 11) is 0. The molecule has 0 spiro atoms. The van der Waals surface area contributed by atoms with Crippen molar-refractivity contribution < 1.29 is 9.53 Å². The van der Waals surface area contributed by atoms with Crippen molar-refractivity contribution in [1.29, 1.82) is 0 Å². The minimum Gasteiger partial charge on any atom is -0.494 e. The Balaban J connectivity index is 1.53. The van der Waals surface area contributed by atoms with Crippen LogP contribution in [0.25, 0.3) is 11.4 Å². The molecule has 5 rings (SSSR count). The predicted octanol–water partition coefficient (Wildman–Crippen LogP) is 5.33. The van der Waals surface area contributed by atoms with Crippen molar-refractivity contribution in [3.05, 3.63) is 88.3 Å². The first-order valence-corrected chi connectivity index (χ1v) is 11.6. The fourth-order valence-corrected chi connectivity index (χ4v) is 4.68. The molecule has 0 saturated heterocycles. The topological polar surface area (TPSA) is 81.1 Å². The summed E-state index contributed by atoms with van der Waals surface area (Å²) in [6.45, 7) is 4.47. The Bertz CT molecular complexity index is 1290. The molecule has 2 N–H and O–H groups in total. The highest BCUT2D eigenvalue weighted by molar-refractivity contribution is 7.10. The number of aromatic nitrogens is 3. The highest BCUT2D eigenvalue weighted by atomic mass is 32.1. The van der Waals surface area contributed by atoms with Gasteiger partial charge in [-0.1, -0.05) is 24.3 Å². The van der Waals surface area contributed by atoms with E-state index in [1.807, 2.05) is 86.0 Å². The van der Waals surface area contributed by atoms with Gasteiger partial charge in [0.15, 0.2) is 5.82 Å². The lowest BCUT2D eigenvalue weighted by Crippen LogP contribution is -2.31. The normalized spacial score (nSPS) is 15.0. The molecule has 33 heavy (non-hydrogen) atoms. The molecule has 7 nitrogen and oxygen atoms in total. The molecule has 1 atom stereocenters. The maximum absolute atomic E-state index is 13.4. The number of benzene rings is 2. The van der Waals surface area contributed by atoms with Crippen LogP contribution in [0.4, 0.5) is 11.6 Å². The molecule has 1 aliphatic heterocycles. The Morgan fingerprint density at radius 2 is 1.91 bits per heavy atom. The summed E-state index contributed by atoms with van der Waals surface area (Å²) in [5.41, 5.74) is 2.98. The molecule has 0 bridgehead atoms. The number of hydrogen-bond acceptors (Lipinski definition) is 6. The van der Waals surface area contributed by atoms with Gasteiger partial charge in [0.05, 0.1) is 12.2 Å². The van der Waals surface area contributed by atoms with Gasteiger partial charge in [0.1, 0.15) is 11.8 Å². The summed E-state index contributed by atoms with van der Waals surface area (Å²) in [6.07, 6.45) is 0. The molecule has 3 heterocycles. The van der Waals surface area contributed by atoms with Crippen LogP contribution in [0.15, 0.2) is 83.4 Å². The number of para-hydroxylation sites is 1. The monoisotopic (exact) mass is 457 g/mol. The van der Waals surface area contributed by atoms with Gasteiger partial charge in [-0.05, 0) is 61.7 Å². The van der Waals surface area contributed by atoms with Crippen molar-refractivity contribution in [3.8, 4) is 17.1 Å². The number of carbonyl (C=O) groups excluding carboxylic acids is 1. The van der Waals surface area contributed by atoms with Gasteiger partial charge in [-0.2, -0.15) is 4.98 Å². The molecular formula is C25H23N5O2S. The molecule has 0 fully saturated rings. The average molecular weight is 458 g/mol. The Morgan fingerprint density at radius 3 is 2.61 bits per heavy atom. The van der Waals surface area contributed by atoms with Crippen LogP contribution in [0.3, 0.4) is 0 Å². The van der Waals surface area contributed by atoms with E-state index in [9.17, 15) is 4.79 Å². The van der Waals surface area contributed by atoms with E-state index in [1.165, 1.54) is 0 Å². The summed E-state index contributed by atoms with van der Waals surface area (Å²) in [6, 6.07) is 20.8. The number of rotatable bonds is 6. The molecule has 8 heteroatoms. The lowest BCUT2D eigenvalue weighted by molar-refractivity contribution is -0.113. The zero-order valence-corrected chi connectivity index (χ0v) is 19.1. The molecule has 166 valence electrons. The van der Waals surface area contributed by atoms with Crippen molar-refractivity contribution in [2.45, 2.75) is 19.9 Å². The summed E-state index contributed by atoms with van der Waals surface area (Å²) < 4.78 is 7.34. The van der Waals surface area contributed by atoms with Gasteiger partial charge in [-0.15, -0.1) is 16.4 Å². The minimum absolute atomic E-state index is 0.173. The number of nitrogens with zero attached hydrogens (tertiary/aromatic N) is 3. The Morgan fingerprint density at radius 1 is 1.12 bits per heavy atom. The number of anilines is 2. The minimum atomic E-state index is -0.381. The Kier molecular flexibility index (Phi) is 5.66. The summed E-state index contributed by atoms with van der Waals surface area (Å²) >= 11 is 1.59. The van der Waals surface area contributed by atoms with Crippen LogP contribution in [0.5, 0.6) is 5.75 Å². The molecule has 1 unspecified atom stereocenters. The van der Waals surface area contributed by atoms with Gasteiger partial charge < -0.3 is 15.4 Å². The third kappa shape index (κ3) is 4.12. The van der Waals surface area contributed by atoms with Gasteiger partial charge in [-0.3, -0.25) is 4.79 Å². The maximum Gasteiger partial charge on any atom is 0.255 e. The zero-order chi connectivity index (χ0) is 22.8. The number of amides is 1. The van der Waals surface area contributed by atoms with Gasteiger partial charge in [0.2, 0.25) is 5.95 Å². The van der Waals surface area contributed by atoms with E-state index in [-0.39, 0.29) is 11.9 Å². The number of hydrogen-bond donors (Lipinski definition) is 2. The summed E-state index contributed by atoms with van der Waals surface area (Å²) in [4.78, 5) is 19.1. The number of ether oxygens (including phenoxy) is 1. The van der Waals surface area contributed by atoms with E-state index in [0.717, 1.165) is 27.6 Å². The number of thiophene rings is 1. The average Bonchev–Trinajstić information content (AvgIpc) is 3.50. The van der Waals surface area contributed by atoms with Crippen LogP contribution >= 0.6 is 11.3 Å². The molecular weight excluding hydrogens is 434 g/mol.